The van der Waals surface area contributed by atoms with Gasteiger partial charge in [0.25, 0.3) is 5.91 Å². The Balaban J connectivity index is 2.60. The topological polar surface area (TPSA) is 171 Å². The van der Waals surface area contributed by atoms with E-state index in [1.54, 1.807) is 38.0 Å². The number of hydrogen-bond acceptors (Lipinski definition) is 10. The van der Waals surface area contributed by atoms with Crippen molar-refractivity contribution >= 4 is 23.8 Å². The van der Waals surface area contributed by atoms with E-state index in [9.17, 15) is 19.5 Å². The van der Waals surface area contributed by atoms with Gasteiger partial charge in [-0.25, -0.2) is 9.59 Å². The van der Waals surface area contributed by atoms with Crippen LogP contribution < -0.4 is 25.8 Å². The number of rotatable bonds is 10. The zero-order valence-electron chi connectivity index (χ0n) is 30.7. The Morgan fingerprint density at radius 2 is 1.80 bits per heavy atom. The van der Waals surface area contributed by atoms with Gasteiger partial charge in [-0.05, 0) is 70.6 Å². The Kier molecular flexibility index (Phi) is 17.6. The molecule has 13 nitrogen and oxygen atoms in total. The molecule has 1 aromatic carbocycles. The van der Waals surface area contributed by atoms with Crippen LogP contribution in [0.15, 0.2) is 35.4 Å². The van der Waals surface area contributed by atoms with E-state index in [1.807, 2.05) is 39.8 Å². The minimum Gasteiger partial charge on any atom is -0.493 e. The Bertz CT molecular complexity index is 1300. The van der Waals surface area contributed by atoms with Crippen LogP contribution >= 0.6 is 0 Å². The highest BCUT2D eigenvalue weighted by Crippen LogP contribution is 2.38. The Morgan fingerprint density at radius 3 is 2.39 bits per heavy atom. The van der Waals surface area contributed by atoms with Crippen molar-refractivity contribution in [1.29, 1.82) is 0 Å². The van der Waals surface area contributed by atoms with Crippen molar-refractivity contribution in [2.45, 2.75) is 91.6 Å². The van der Waals surface area contributed by atoms with Gasteiger partial charge >= 0.3 is 12.2 Å². The van der Waals surface area contributed by atoms with Crippen LogP contribution in [0, 0.1) is 11.8 Å². The van der Waals surface area contributed by atoms with Crippen LogP contribution in [-0.2, 0) is 25.4 Å². The molecule has 2 bridgehead atoms. The van der Waals surface area contributed by atoms with Gasteiger partial charge in [-0.15, -0.1) is 0 Å². The first-order valence-electron chi connectivity index (χ1n) is 17.0. The summed E-state index contributed by atoms with van der Waals surface area (Å²) in [5.74, 6) is -0.196. The molecule has 3 amide bonds. The van der Waals surface area contributed by atoms with Crippen LogP contribution in [0.2, 0.25) is 0 Å². The largest absolute Gasteiger partial charge is 0.493 e. The van der Waals surface area contributed by atoms with Crippen molar-refractivity contribution in [2.24, 2.45) is 17.6 Å². The fourth-order valence-corrected chi connectivity index (χ4v) is 6.06. The fraction of sp³-hybridized carbons (Fsp3) is 0.639. The molecule has 0 saturated heterocycles. The first-order chi connectivity index (χ1) is 23.3. The lowest BCUT2D eigenvalue weighted by molar-refractivity contribution is -0.112. The number of ether oxygens (including phenoxy) is 5. The molecule has 6 atom stereocenters. The van der Waals surface area contributed by atoms with Crippen LogP contribution in [0.4, 0.5) is 15.3 Å². The van der Waals surface area contributed by atoms with Crippen LogP contribution in [0.3, 0.4) is 0 Å². The first-order valence-corrected chi connectivity index (χ1v) is 17.0. The van der Waals surface area contributed by atoms with Gasteiger partial charge in [0.1, 0.15) is 0 Å². The maximum Gasteiger partial charge on any atom is 0.415 e. The van der Waals surface area contributed by atoms with Crippen molar-refractivity contribution in [3.63, 3.8) is 0 Å². The predicted octanol–water partition coefficient (Wildman–Crippen LogP) is 4.81. The summed E-state index contributed by atoms with van der Waals surface area (Å²) < 4.78 is 28.7. The number of fused-ring (bicyclic) bond motifs is 2. The van der Waals surface area contributed by atoms with Gasteiger partial charge in [-0.3, -0.25) is 4.79 Å². The number of likely N-dealkylation sites (N-methyl/N-ethyl adjacent to an activating group) is 2. The molecule has 0 aromatic heterocycles. The maximum atomic E-state index is 13.4. The number of aliphatic hydroxyl groups is 1. The standard InChI is InChI=1S/C36H58N4O9/c1-10-38-15-16-40(11-2)36(44)48-30-21-27-20-26(33(30)47-9)17-22(3)18-29(46-8)31(41)24(5)19-25(6)32(49-35(37)43)28(45-7)14-12-13-23(4)34(42)39-27/h13,19-22,24,28-29,31-32,38,41H,10-12,14-18H2,1-9H3,(H2,37,43)(H,39,42)/b23-13+,25-19+/t22-,24+,28+,29+,31-,32+/m1/s1. The maximum absolute atomic E-state index is 13.4. The van der Waals surface area contributed by atoms with E-state index in [2.05, 4.69) is 10.6 Å². The third-order valence-electron chi connectivity index (χ3n) is 8.78. The number of methoxy groups -OCH3 is 3. The summed E-state index contributed by atoms with van der Waals surface area (Å²) in [4.78, 5) is 40.1. The van der Waals surface area contributed by atoms with Gasteiger partial charge in [0.15, 0.2) is 17.6 Å². The third-order valence-corrected chi connectivity index (χ3v) is 8.78. The van der Waals surface area contributed by atoms with Gasteiger partial charge in [0.2, 0.25) is 0 Å². The van der Waals surface area contributed by atoms with E-state index >= 15 is 0 Å². The molecule has 0 aliphatic carbocycles. The molecule has 0 fully saturated rings. The highest BCUT2D eigenvalue weighted by molar-refractivity contribution is 6.03. The minimum atomic E-state index is -0.945. The number of hydrogen-bond donors (Lipinski definition) is 4. The second-order valence-corrected chi connectivity index (χ2v) is 12.6. The fourth-order valence-electron chi connectivity index (χ4n) is 6.06. The lowest BCUT2D eigenvalue weighted by Crippen LogP contribution is -2.38. The van der Waals surface area contributed by atoms with Gasteiger partial charge < -0.3 is 50.1 Å². The summed E-state index contributed by atoms with van der Waals surface area (Å²) in [5.41, 5.74) is 7.69. The molecule has 0 spiro atoms. The minimum absolute atomic E-state index is 0.0416. The lowest BCUT2D eigenvalue weighted by atomic mass is 9.88. The highest BCUT2D eigenvalue weighted by atomic mass is 16.6. The second-order valence-electron chi connectivity index (χ2n) is 12.6. The molecule has 1 aliphatic rings. The number of amides is 3. The van der Waals surface area contributed by atoms with E-state index in [4.69, 9.17) is 29.4 Å². The van der Waals surface area contributed by atoms with Gasteiger partial charge in [0.05, 0.1) is 25.4 Å². The Hall–Kier alpha value is -3.65. The molecule has 276 valence electrons. The number of carbonyl (C=O) groups is 3. The van der Waals surface area contributed by atoms with Gasteiger partial charge in [-0.1, -0.05) is 32.9 Å². The molecule has 49 heavy (non-hydrogen) atoms. The van der Waals surface area contributed by atoms with Crippen LogP contribution in [0.5, 0.6) is 11.5 Å². The normalized spacial score (nSPS) is 26.4. The molecular formula is C36H58N4O9. The van der Waals surface area contributed by atoms with E-state index in [-0.39, 0.29) is 23.5 Å². The predicted molar refractivity (Wildman–Crippen MR) is 189 cm³/mol. The molecule has 1 aromatic rings. The number of nitrogens with zero attached hydrogens (tertiary/aromatic N) is 1. The number of carbonyl (C=O) groups excluding carboxylic acids is 3. The molecule has 1 heterocycles. The molecule has 1 aliphatic heterocycles. The summed E-state index contributed by atoms with van der Waals surface area (Å²) >= 11 is 0. The monoisotopic (exact) mass is 690 g/mol. The van der Waals surface area contributed by atoms with Crippen molar-refractivity contribution in [3.8, 4) is 11.5 Å². The molecule has 5 N–H and O–H groups in total. The number of aliphatic hydroxyl groups excluding tert-OH is 1. The second kappa shape index (κ2) is 20.8. The van der Waals surface area contributed by atoms with E-state index in [1.165, 1.54) is 14.2 Å². The Labute approximate surface area is 291 Å². The number of benzene rings is 1. The molecule has 0 unspecified atom stereocenters. The number of primary amides is 1. The van der Waals surface area contributed by atoms with Crippen molar-refractivity contribution < 1.29 is 43.2 Å². The zero-order chi connectivity index (χ0) is 36.7. The van der Waals surface area contributed by atoms with Crippen LogP contribution in [0.25, 0.3) is 0 Å². The quantitative estimate of drug-likeness (QED) is 0.197. The number of nitrogens with two attached hydrogens (primary N) is 1. The molecule has 0 saturated carbocycles. The molecule has 2 rings (SSSR count). The Morgan fingerprint density at radius 1 is 1.10 bits per heavy atom. The SMILES string of the molecule is CCNCCN(CC)C(=O)Oc1cc2cc(c1OC)C[C@@H](C)C[C@H](OC)[C@H](O)[C@@H](C)/C=C(\C)[C@H](OC(N)=O)[C@@H](OC)CC/C=C(\C)C(=O)N2. The van der Waals surface area contributed by atoms with Crippen LogP contribution in [-0.4, -0.2) is 100 Å². The van der Waals surface area contributed by atoms with Gasteiger partial charge in [0, 0.05) is 62.7 Å². The summed E-state index contributed by atoms with van der Waals surface area (Å²) in [6, 6.07) is 3.40. The smallest absolute Gasteiger partial charge is 0.415 e. The van der Waals surface area contributed by atoms with Crippen molar-refractivity contribution in [2.75, 3.05) is 52.8 Å². The number of anilines is 1. The summed E-state index contributed by atoms with van der Waals surface area (Å²) in [5, 5.41) is 17.6. The molecular weight excluding hydrogens is 632 g/mol. The van der Waals surface area contributed by atoms with Gasteiger partial charge in [-0.2, -0.15) is 0 Å². The lowest BCUT2D eigenvalue weighted by Gasteiger charge is -2.30. The average molecular weight is 691 g/mol. The van der Waals surface area contributed by atoms with Crippen LogP contribution in [0.1, 0.15) is 66.4 Å². The average Bonchev–Trinajstić information content (AvgIpc) is 3.05. The summed E-state index contributed by atoms with van der Waals surface area (Å²) in [7, 11) is 4.58. The number of nitrogens with one attached hydrogen (secondary N) is 2. The summed E-state index contributed by atoms with van der Waals surface area (Å²) in [6.45, 7) is 13.6. The van der Waals surface area contributed by atoms with Crippen molar-refractivity contribution in [1.82, 2.24) is 10.2 Å². The third kappa shape index (κ3) is 12.6. The van der Waals surface area contributed by atoms with Crippen molar-refractivity contribution in [3.05, 3.63) is 41.0 Å². The van der Waals surface area contributed by atoms with E-state index in [0.717, 1.165) is 6.54 Å². The van der Waals surface area contributed by atoms with E-state index in [0.29, 0.717) is 73.5 Å². The van der Waals surface area contributed by atoms with E-state index < -0.39 is 36.6 Å². The summed E-state index contributed by atoms with van der Waals surface area (Å²) in [6.07, 6.45) is 1.12. The zero-order valence-corrected chi connectivity index (χ0v) is 30.7. The first kappa shape index (κ1) is 41.5. The molecule has 0 radical (unpaired) electrons. The highest BCUT2D eigenvalue weighted by Gasteiger charge is 2.30. The number of allylic oxidation sites excluding steroid dienone is 1. The molecule has 13 heteroatoms.